The Labute approximate surface area is 99.2 Å². The predicted octanol–water partition coefficient (Wildman–Crippen LogP) is 3.07. The molecule has 0 bridgehead atoms. The Kier molecular flexibility index (Phi) is 1.96. The molecule has 84 valence electrons. The SMILES string of the molecule is CC1(Cn2c(N)nc3ccc(Cl)cc32)CC1. The van der Waals surface area contributed by atoms with Gasteiger partial charge in [0.25, 0.3) is 0 Å². The van der Waals surface area contributed by atoms with Gasteiger partial charge >= 0.3 is 0 Å². The molecule has 0 atom stereocenters. The van der Waals surface area contributed by atoms with Crippen LogP contribution in [0.25, 0.3) is 11.0 Å². The van der Waals surface area contributed by atoms with Crippen LogP contribution in [-0.2, 0) is 6.54 Å². The van der Waals surface area contributed by atoms with Gasteiger partial charge in [0.15, 0.2) is 0 Å². The minimum atomic E-state index is 0.407. The predicted molar refractivity (Wildman–Crippen MR) is 66.5 cm³/mol. The summed E-state index contributed by atoms with van der Waals surface area (Å²) in [6.07, 6.45) is 2.54. The molecule has 16 heavy (non-hydrogen) atoms. The molecule has 0 amide bonds. The van der Waals surface area contributed by atoms with E-state index < -0.39 is 0 Å². The van der Waals surface area contributed by atoms with Crippen LogP contribution in [0.2, 0.25) is 5.02 Å². The Morgan fingerprint density at radius 1 is 1.50 bits per heavy atom. The third kappa shape index (κ3) is 1.55. The number of rotatable bonds is 2. The fraction of sp³-hybridized carbons (Fsp3) is 0.417. The first-order valence-corrected chi connectivity index (χ1v) is 5.86. The highest BCUT2D eigenvalue weighted by atomic mass is 35.5. The smallest absolute Gasteiger partial charge is 0.201 e. The van der Waals surface area contributed by atoms with Crippen LogP contribution in [0.5, 0.6) is 0 Å². The Hall–Kier alpha value is -1.22. The molecule has 1 fully saturated rings. The molecule has 2 N–H and O–H groups in total. The van der Waals surface area contributed by atoms with E-state index in [-0.39, 0.29) is 0 Å². The Morgan fingerprint density at radius 3 is 2.94 bits per heavy atom. The number of imidazole rings is 1. The zero-order valence-corrected chi connectivity index (χ0v) is 9.96. The first-order valence-electron chi connectivity index (χ1n) is 5.49. The first kappa shape index (κ1) is 9.97. The molecule has 1 saturated carbocycles. The van der Waals surface area contributed by atoms with Gasteiger partial charge in [0.2, 0.25) is 5.95 Å². The van der Waals surface area contributed by atoms with Crippen molar-refractivity contribution in [3.63, 3.8) is 0 Å². The van der Waals surface area contributed by atoms with Crippen molar-refractivity contribution in [1.82, 2.24) is 9.55 Å². The lowest BCUT2D eigenvalue weighted by atomic mass is 10.1. The number of nitrogens with two attached hydrogens (primary N) is 1. The first-order chi connectivity index (χ1) is 7.57. The van der Waals surface area contributed by atoms with Crippen LogP contribution in [0.4, 0.5) is 5.95 Å². The topological polar surface area (TPSA) is 43.8 Å². The second kappa shape index (κ2) is 3.14. The van der Waals surface area contributed by atoms with Crippen molar-refractivity contribution in [3.8, 4) is 0 Å². The number of aromatic nitrogens is 2. The molecule has 2 aromatic rings. The molecular formula is C12H14ClN3. The highest BCUT2D eigenvalue weighted by molar-refractivity contribution is 6.31. The largest absolute Gasteiger partial charge is 0.369 e. The zero-order valence-electron chi connectivity index (χ0n) is 9.20. The van der Waals surface area contributed by atoms with E-state index >= 15 is 0 Å². The fourth-order valence-corrected chi connectivity index (χ4v) is 2.20. The van der Waals surface area contributed by atoms with Gasteiger partial charge in [-0.1, -0.05) is 18.5 Å². The molecule has 3 nitrogen and oxygen atoms in total. The van der Waals surface area contributed by atoms with E-state index in [1.54, 1.807) is 0 Å². The molecule has 0 saturated heterocycles. The number of nitrogen functional groups attached to an aromatic ring is 1. The van der Waals surface area contributed by atoms with Crippen molar-refractivity contribution >= 4 is 28.6 Å². The maximum atomic E-state index is 6.00. The summed E-state index contributed by atoms with van der Waals surface area (Å²) < 4.78 is 2.08. The molecule has 1 aromatic carbocycles. The van der Waals surface area contributed by atoms with Gasteiger partial charge in [-0.2, -0.15) is 0 Å². The number of fused-ring (bicyclic) bond motifs is 1. The second-order valence-corrected chi connectivity index (χ2v) is 5.44. The van der Waals surface area contributed by atoms with Crippen LogP contribution in [0.1, 0.15) is 19.8 Å². The second-order valence-electron chi connectivity index (χ2n) is 5.00. The van der Waals surface area contributed by atoms with E-state index in [0.29, 0.717) is 11.4 Å². The molecule has 1 aromatic heterocycles. The van der Waals surface area contributed by atoms with Crippen molar-refractivity contribution in [3.05, 3.63) is 23.2 Å². The van der Waals surface area contributed by atoms with Crippen molar-refractivity contribution < 1.29 is 0 Å². The zero-order chi connectivity index (χ0) is 11.3. The standard InChI is InChI=1S/C12H14ClN3/c1-12(4-5-12)7-16-10-6-8(13)2-3-9(10)15-11(16)14/h2-3,6H,4-5,7H2,1H3,(H2,14,15). The van der Waals surface area contributed by atoms with Crippen LogP contribution >= 0.6 is 11.6 Å². The number of benzene rings is 1. The summed E-state index contributed by atoms with van der Waals surface area (Å²) in [6.45, 7) is 3.22. The lowest BCUT2D eigenvalue weighted by molar-refractivity contribution is 0.476. The van der Waals surface area contributed by atoms with Crippen LogP contribution in [0.3, 0.4) is 0 Å². The van der Waals surface area contributed by atoms with E-state index in [1.807, 2.05) is 18.2 Å². The number of anilines is 1. The maximum Gasteiger partial charge on any atom is 0.201 e. The molecule has 4 heteroatoms. The normalized spacial score (nSPS) is 17.9. The third-order valence-corrected chi connectivity index (χ3v) is 3.62. The van der Waals surface area contributed by atoms with E-state index in [0.717, 1.165) is 22.6 Å². The summed E-state index contributed by atoms with van der Waals surface area (Å²) in [5.41, 5.74) is 8.32. The maximum absolute atomic E-state index is 6.00. The molecule has 3 rings (SSSR count). The molecule has 0 spiro atoms. The van der Waals surface area contributed by atoms with Crippen LogP contribution in [0, 0.1) is 5.41 Å². The molecular weight excluding hydrogens is 222 g/mol. The molecule has 0 aliphatic heterocycles. The van der Waals surface area contributed by atoms with Crippen molar-refractivity contribution in [2.45, 2.75) is 26.3 Å². The van der Waals surface area contributed by atoms with E-state index in [1.165, 1.54) is 12.8 Å². The molecule has 1 heterocycles. The van der Waals surface area contributed by atoms with Crippen molar-refractivity contribution in [2.75, 3.05) is 5.73 Å². The summed E-state index contributed by atoms with van der Waals surface area (Å²) in [5.74, 6) is 0.588. The average molecular weight is 236 g/mol. The van der Waals surface area contributed by atoms with Gasteiger partial charge in [-0.15, -0.1) is 0 Å². The van der Waals surface area contributed by atoms with Gasteiger partial charge in [0.05, 0.1) is 11.0 Å². The number of nitrogens with zero attached hydrogens (tertiary/aromatic N) is 2. The molecule has 0 unspecified atom stereocenters. The minimum Gasteiger partial charge on any atom is -0.369 e. The summed E-state index contributed by atoms with van der Waals surface area (Å²) >= 11 is 6.00. The van der Waals surface area contributed by atoms with Gasteiger partial charge < -0.3 is 10.3 Å². The van der Waals surface area contributed by atoms with Crippen molar-refractivity contribution in [1.29, 1.82) is 0 Å². The van der Waals surface area contributed by atoms with Crippen molar-refractivity contribution in [2.24, 2.45) is 5.41 Å². The summed E-state index contributed by atoms with van der Waals surface area (Å²) in [7, 11) is 0. The highest BCUT2D eigenvalue weighted by Crippen LogP contribution is 2.47. The lowest BCUT2D eigenvalue weighted by Crippen LogP contribution is -2.10. The van der Waals surface area contributed by atoms with Crippen LogP contribution < -0.4 is 5.73 Å². The third-order valence-electron chi connectivity index (χ3n) is 3.38. The van der Waals surface area contributed by atoms with E-state index in [9.17, 15) is 0 Å². The van der Waals surface area contributed by atoms with Gasteiger partial charge in [-0.25, -0.2) is 4.98 Å². The highest BCUT2D eigenvalue weighted by Gasteiger charge is 2.38. The van der Waals surface area contributed by atoms with Crippen LogP contribution in [0.15, 0.2) is 18.2 Å². The quantitative estimate of drug-likeness (QED) is 0.870. The fourth-order valence-electron chi connectivity index (χ4n) is 2.03. The van der Waals surface area contributed by atoms with Gasteiger partial charge in [0, 0.05) is 11.6 Å². The van der Waals surface area contributed by atoms with Gasteiger partial charge in [0.1, 0.15) is 0 Å². The summed E-state index contributed by atoms with van der Waals surface area (Å²) in [4.78, 5) is 4.35. The van der Waals surface area contributed by atoms with Crippen LogP contribution in [-0.4, -0.2) is 9.55 Å². The number of halogens is 1. The Morgan fingerprint density at radius 2 is 2.25 bits per heavy atom. The van der Waals surface area contributed by atoms with Gasteiger partial charge in [-0.05, 0) is 36.5 Å². The Balaban J connectivity index is 2.14. The van der Waals surface area contributed by atoms with E-state index in [2.05, 4.69) is 16.5 Å². The number of hydrogen-bond acceptors (Lipinski definition) is 2. The minimum absolute atomic E-state index is 0.407. The van der Waals surface area contributed by atoms with Gasteiger partial charge in [-0.3, -0.25) is 0 Å². The average Bonchev–Trinajstić information content (AvgIpc) is 2.88. The summed E-state index contributed by atoms with van der Waals surface area (Å²) in [5, 5.41) is 0.731. The Bertz CT molecular complexity index is 555. The molecule has 1 aliphatic rings. The number of hydrogen-bond donors (Lipinski definition) is 1. The lowest BCUT2D eigenvalue weighted by Gasteiger charge is -2.11. The monoisotopic (exact) mass is 235 g/mol. The summed E-state index contributed by atoms with van der Waals surface area (Å²) in [6, 6.07) is 5.70. The van der Waals surface area contributed by atoms with E-state index in [4.69, 9.17) is 17.3 Å². The molecule has 1 aliphatic carbocycles. The molecule has 0 radical (unpaired) electrons.